The second-order valence-corrected chi connectivity index (χ2v) is 30.8. The molecular weight excluding hydrogens is 1760 g/mol. The molecule has 2 heterocycles. The van der Waals surface area contributed by atoms with Crippen LogP contribution in [0.4, 0.5) is 49.2 Å². The Kier molecular flexibility index (Phi) is 32.3. The van der Waals surface area contributed by atoms with Gasteiger partial charge in [0.15, 0.2) is 17.3 Å². The van der Waals surface area contributed by atoms with Crippen molar-refractivity contribution in [3.63, 3.8) is 0 Å². The van der Waals surface area contributed by atoms with Crippen LogP contribution < -0.4 is 10.9 Å². The van der Waals surface area contributed by atoms with Crippen molar-refractivity contribution < 1.29 is 56.6 Å². The summed E-state index contributed by atoms with van der Waals surface area (Å²) < 4.78 is 77.1. The molecule has 0 bridgehead atoms. The Balaban J connectivity index is 0.000000211. The summed E-state index contributed by atoms with van der Waals surface area (Å²) in [4.78, 5) is 32.0. The van der Waals surface area contributed by atoms with Gasteiger partial charge in [-0.2, -0.15) is 36.5 Å². The second kappa shape index (κ2) is 39.4. The van der Waals surface area contributed by atoms with Crippen molar-refractivity contribution in [2.45, 2.75) is 91.0 Å². The zero-order valence-corrected chi connectivity index (χ0v) is 67.6. The molecule has 0 saturated heterocycles. The van der Waals surface area contributed by atoms with E-state index in [9.17, 15) is 67.0 Å². The van der Waals surface area contributed by atoms with E-state index < -0.39 is 56.2 Å². The lowest BCUT2D eigenvalue weighted by molar-refractivity contribution is -0.386. The van der Waals surface area contributed by atoms with Crippen LogP contribution in [-0.2, 0) is 42.6 Å². The predicted octanol–water partition coefficient (Wildman–Crippen LogP) is 25.4. The van der Waals surface area contributed by atoms with Crippen molar-refractivity contribution in [2.24, 2.45) is 15.2 Å². The van der Waals surface area contributed by atoms with Crippen LogP contribution in [0.1, 0.15) is 114 Å². The minimum Gasteiger partial charge on any atom is -0.507 e. The van der Waals surface area contributed by atoms with Crippen LogP contribution in [0.3, 0.4) is 0 Å². The highest BCUT2D eigenvalue weighted by molar-refractivity contribution is 9.11. The highest BCUT2D eigenvalue weighted by Gasteiger charge is 2.32. The van der Waals surface area contributed by atoms with Crippen molar-refractivity contribution in [1.82, 2.24) is 9.97 Å². The Hall–Kier alpha value is -8.28. The molecule has 0 saturated carbocycles. The highest BCUT2D eigenvalue weighted by atomic mass is 79.9. The Bertz CT molecular complexity index is 4880. The van der Waals surface area contributed by atoms with Crippen molar-refractivity contribution in [2.75, 3.05) is 10.9 Å². The Morgan fingerprint density at radius 1 is 0.500 bits per heavy atom. The smallest absolute Gasteiger partial charge is 0.417 e. The summed E-state index contributed by atoms with van der Waals surface area (Å²) in [6.45, 7) is 15.1. The molecule has 6 N–H and O–H groups in total. The number of nitrogens with one attached hydrogen (secondary N) is 2. The minimum absolute atomic E-state index is 0.000479. The monoisotopic (exact) mass is 1810 g/mol. The predicted molar refractivity (Wildman–Crippen MR) is 430 cm³/mol. The molecule has 0 aliphatic heterocycles. The number of phenolic OH excluding ortho intramolecular Hbond substituents is 4. The number of rotatable bonds is 15. The third-order valence-electron chi connectivity index (χ3n) is 14.9. The number of halogens is 16. The molecule has 17 nitrogen and oxygen atoms in total. The molecule has 0 spiro atoms. The van der Waals surface area contributed by atoms with Crippen molar-refractivity contribution in [3.8, 4) is 23.0 Å². The summed E-state index contributed by atoms with van der Waals surface area (Å²) >= 11 is 51.6. The van der Waals surface area contributed by atoms with E-state index in [4.69, 9.17) is 81.2 Å². The maximum absolute atomic E-state index is 12.5. The molecule has 568 valence electrons. The van der Waals surface area contributed by atoms with Gasteiger partial charge in [0.05, 0.1) is 65.8 Å². The van der Waals surface area contributed by atoms with E-state index in [0.717, 1.165) is 73.2 Å². The fourth-order valence-electron chi connectivity index (χ4n) is 9.30. The maximum Gasteiger partial charge on any atom is 0.417 e. The third-order valence-corrected chi connectivity index (χ3v) is 18.4. The first-order chi connectivity index (χ1) is 50.4. The number of aliphatic imine (C=N–C) groups is 1. The number of anilines is 2. The summed E-state index contributed by atoms with van der Waals surface area (Å²) in [5, 5.41) is 71.4. The second-order valence-electron chi connectivity index (χ2n) is 25.2. The van der Waals surface area contributed by atoms with Crippen LogP contribution in [0.2, 0.25) is 35.2 Å². The van der Waals surface area contributed by atoms with E-state index in [0.29, 0.717) is 48.0 Å². The molecule has 8 aromatic carbocycles. The molecule has 2 aromatic heterocycles. The van der Waals surface area contributed by atoms with Gasteiger partial charge in [0.2, 0.25) is 0 Å². The fourth-order valence-corrected chi connectivity index (χ4v) is 13.0. The number of aryl methyl sites for hydroxylation is 1. The Morgan fingerprint density at radius 3 is 1.58 bits per heavy atom. The third kappa shape index (κ3) is 27.1. The number of nitro benzene ring substituents is 2. The zero-order valence-electron chi connectivity index (χ0n) is 57.5. The van der Waals surface area contributed by atoms with Crippen LogP contribution in [0.15, 0.2) is 193 Å². The van der Waals surface area contributed by atoms with Gasteiger partial charge >= 0.3 is 23.7 Å². The van der Waals surface area contributed by atoms with Gasteiger partial charge in [-0.1, -0.05) is 203 Å². The van der Waals surface area contributed by atoms with Crippen molar-refractivity contribution in [3.05, 3.63) is 305 Å². The number of pyridine rings is 2. The molecular formula is C75H63Br3Cl7F6N9O8. The number of hydrogen-bond donors (Lipinski definition) is 6. The van der Waals surface area contributed by atoms with E-state index in [1.807, 2.05) is 42.5 Å². The van der Waals surface area contributed by atoms with Crippen molar-refractivity contribution in [1.29, 1.82) is 0 Å². The van der Waals surface area contributed by atoms with Crippen molar-refractivity contribution >= 4 is 171 Å². The topological polar surface area (TPSA) is 254 Å². The van der Waals surface area contributed by atoms with Gasteiger partial charge in [-0.3, -0.25) is 41.1 Å². The lowest BCUT2D eigenvalue weighted by Crippen LogP contribution is -2.12. The van der Waals surface area contributed by atoms with Gasteiger partial charge in [0.25, 0.3) is 0 Å². The van der Waals surface area contributed by atoms with Crippen LogP contribution in [0.5, 0.6) is 23.0 Å². The van der Waals surface area contributed by atoms with Gasteiger partial charge in [0.1, 0.15) is 11.5 Å². The molecule has 0 fully saturated rings. The first kappa shape index (κ1) is 88.6. The van der Waals surface area contributed by atoms with Gasteiger partial charge in [0, 0.05) is 93.5 Å². The molecule has 10 aromatic rings. The van der Waals surface area contributed by atoms with Crippen LogP contribution in [0, 0.1) is 27.2 Å². The van der Waals surface area contributed by atoms with E-state index in [-0.39, 0.29) is 67.3 Å². The number of nitrogens with zero attached hydrogens (tertiary/aromatic N) is 7. The van der Waals surface area contributed by atoms with Gasteiger partial charge in [-0.15, -0.1) is 0 Å². The highest BCUT2D eigenvalue weighted by Crippen LogP contribution is 2.41. The summed E-state index contributed by atoms with van der Waals surface area (Å²) in [6.07, 6.45) is -1.52. The maximum atomic E-state index is 12.5. The van der Waals surface area contributed by atoms with Crippen LogP contribution in [-0.4, -0.2) is 58.9 Å². The van der Waals surface area contributed by atoms with E-state index in [1.165, 1.54) is 60.0 Å². The largest absolute Gasteiger partial charge is 0.507 e. The van der Waals surface area contributed by atoms with Gasteiger partial charge in [-0.05, 0) is 164 Å². The van der Waals surface area contributed by atoms with E-state index in [1.54, 1.807) is 37.5 Å². The molecule has 0 aliphatic carbocycles. The van der Waals surface area contributed by atoms with E-state index in [2.05, 4.69) is 150 Å². The van der Waals surface area contributed by atoms with Crippen LogP contribution >= 0.6 is 129 Å². The van der Waals surface area contributed by atoms with E-state index >= 15 is 0 Å². The number of aromatic nitrogens is 2. The molecule has 0 unspecified atom stereocenters. The molecule has 0 atom stereocenters. The molecule has 0 amide bonds. The molecule has 0 radical (unpaired) electrons. The summed E-state index contributed by atoms with van der Waals surface area (Å²) in [6, 6.07) is 40.5. The first-order valence-electron chi connectivity index (χ1n) is 31.3. The number of phenols is 4. The average Bonchev–Trinajstić information content (AvgIpc) is 0.806. The Morgan fingerprint density at radius 2 is 1.06 bits per heavy atom. The lowest BCUT2D eigenvalue weighted by Gasteiger charge is -2.22. The standard InChI is InChI=1S/C17H18Cl2.C16H17BrClN3.C16H13BrF3NO.C13H7BrCl2F3N3O.C13H8Cl2N2O6/c1-17(2,3)14-7-4-12(5-8-14)10-13-6-9-15(18)11-16(13)19;1-16(2,3)12-8-14(18)15(9-13(12)17)21-20-10-11-6-4-5-7-19-11;1-10-6-14(17)7-12(15(10)22)9-21-8-11-2-4-13(5-3-11)16(18,19)20;14-9-3-8(15)1-6(11(9)23)4-21-22-12-10(16)2-7(5-20-12)13(17,18)19;14-8-2-6(12(18)10(4-8)16(20)21)1-7-3-9(15)5-11(13(7)19)17(22)23/h4-9,11H,10H2,1-3H3;4-10,21H,1-3H3;2-7,9,22H,8H2,1H3;1-5,23H,(H,20,22);2-5,18-19H,1H2/b;20-10+;;21-4+;. The SMILES string of the molecule is CC(C)(C)c1cc(Cl)c(N/N=C/c2ccccn2)cc1Br.CC(C)(C)c1ccc(Cc2ccc(Cl)cc2Cl)cc1.Cc1cc(Br)cc(C=NCc2ccc(C(F)(F)F)cc2)c1O.O=[N+]([O-])c1cc(Cl)cc(Cc2cc(Cl)cc([N+](=O)[O-])c2O)c1O.Oc1c(Br)cc(Cl)cc1/C=N/Nc1ncc(C(F)(F)F)cc1Cl. The van der Waals surface area contributed by atoms with Gasteiger partial charge in [-0.25, -0.2) is 4.98 Å². The number of nitro groups is 2. The van der Waals surface area contributed by atoms with Crippen LogP contribution in [0.25, 0.3) is 0 Å². The van der Waals surface area contributed by atoms with Gasteiger partial charge < -0.3 is 20.4 Å². The normalized spacial score (nSPS) is 11.6. The summed E-state index contributed by atoms with van der Waals surface area (Å²) in [5.74, 6) is -1.29. The summed E-state index contributed by atoms with van der Waals surface area (Å²) in [7, 11) is 0. The number of alkyl halides is 6. The molecule has 0 aliphatic rings. The molecule has 10 rings (SSSR count). The number of aromatic hydroxyl groups is 4. The quantitative estimate of drug-likeness (QED) is 0.0243. The number of benzene rings is 8. The summed E-state index contributed by atoms with van der Waals surface area (Å²) in [5.41, 5.74) is 11.4. The fraction of sp³-hybridized carbons (Fsp3) is 0.187. The minimum atomic E-state index is -4.53. The zero-order chi connectivity index (χ0) is 80.3. The number of hydrazone groups is 2. The first-order valence-corrected chi connectivity index (χ1v) is 36.3. The lowest BCUT2D eigenvalue weighted by atomic mass is 9.86. The molecule has 108 heavy (non-hydrogen) atoms. The Labute approximate surface area is 677 Å². The average molecular weight is 1820 g/mol. The molecule has 33 heteroatoms. The number of hydrogen-bond acceptors (Lipinski definition) is 15.